The summed E-state index contributed by atoms with van der Waals surface area (Å²) in [6.07, 6.45) is 1.31. The number of carbonyl (C=O) groups is 3. The Kier molecular flexibility index (Phi) is 8.07. The monoisotopic (exact) mass is 546 g/mol. The van der Waals surface area contributed by atoms with Crippen LogP contribution >= 0.6 is 0 Å². The number of nitrogens with zero attached hydrogens (tertiary/aromatic N) is 2. The maximum Gasteiger partial charge on any atom is 0.222 e. The van der Waals surface area contributed by atoms with Crippen LogP contribution in [0.25, 0.3) is 0 Å². The Bertz CT molecular complexity index is 1440. The largest absolute Gasteiger partial charge is 0.508 e. The smallest absolute Gasteiger partial charge is 0.222 e. The number of amides is 1. The number of phenols is 1. The summed E-state index contributed by atoms with van der Waals surface area (Å²) in [7, 11) is 0. The second-order valence-electron chi connectivity index (χ2n) is 10.7. The van der Waals surface area contributed by atoms with Gasteiger partial charge in [-0.2, -0.15) is 0 Å². The van der Waals surface area contributed by atoms with Crippen molar-refractivity contribution in [3.63, 3.8) is 0 Å². The number of likely N-dealkylation sites (tertiary alicyclic amines) is 2. The predicted molar refractivity (Wildman–Crippen MR) is 146 cm³/mol. The Morgan fingerprint density at radius 1 is 0.900 bits per heavy atom. The van der Waals surface area contributed by atoms with Crippen molar-refractivity contribution in [2.45, 2.75) is 25.7 Å². The van der Waals surface area contributed by atoms with Gasteiger partial charge >= 0.3 is 0 Å². The van der Waals surface area contributed by atoms with Gasteiger partial charge in [-0.25, -0.2) is 8.78 Å². The molecule has 2 aliphatic heterocycles. The van der Waals surface area contributed by atoms with Crippen molar-refractivity contribution in [2.75, 3.05) is 32.7 Å². The van der Waals surface area contributed by atoms with Crippen LogP contribution in [0, 0.1) is 30.4 Å². The first-order valence-corrected chi connectivity index (χ1v) is 13.6. The number of benzene rings is 3. The third kappa shape index (κ3) is 5.54. The minimum atomic E-state index is -0.855. The summed E-state index contributed by atoms with van der Waals surface area (Å²) < 4.78 is 29.7. The summed E-state index contributed by atoms with van der Waals surface area (Å²) in [4.78, 5) is 44.1. The summed E-state index contributed by atoms with van der Waals surface area (Å²) >= 11 is 0. The zero-order chi connectivity index (χ0) is 28.4. The molecule has 0 spiro atoms. The highest BCUT2D eigenvalue weighted by atomic mass is 19.1. The Balaban J connectivity index is 1.59. The molecule has 3 aromatic carbocycles. The molecule has 0 bridgehead atoms. The van der Waals surface area contributed by atoms with Crippen LogP contribution in [0.4, 0.5) is 8.78 Å². The maximum absolute atomic E-state index is 14.9. The summed E-state index contributed by atoms with van der Waals surface area (Å²) in [5.41, 5.74) is 1.07. The van der Waals surface area contributed by atoms with E-state index < -0.39 is 35.2 Å². The number of piperidine rings is 1. The van der Waals surface area contributed by atoms with Gasteiger partial charge in [0.25, 0.3) is 0 Å². The van der Waals surface area contributed by atoms with Gasteiger partial charge in [0.1, 0.15) is 17.4 Å². The first-order valence-electron chi connectivity index (χ1n) is 13.6. The summed E-state index contributed by atoms with van der Waals surface area (Å²) in [6, 6.07) is 16.4. The Hall–Kier alpha value is -3.91. The highest BCUT2D eigenvalue weighted by molar-refractivity contribution is 6.02. The molecule has 8 heteroatoms. The molecule has 2 saturated heterocycles. The van der Waals surface area contributed by atoms with Crippen LogP contribution in [-0.2, 0) is 4.79 Å². The van der Waals surface area contributed by atoms with Crippen molar-refractivity contribution in [3.05, 3.63) is 101 Å². The molecule has 5 rings (SSSR count). The van der Waals surface area contributed by atoms with Gasteiger partial charge in [0.05, 0.1) is 5.56 Å². The third-order valence-electron chi connectivity index (χ3n) is 8.25. The molecular weight excluding hydrogens is 514 g/mol. The van der Waals surface area contributed by atoms with Gasteiger partial charge < -0.3 is 14.9 Å². The van der Waals surface area contributed by atoms with Gasteiger partial charge in [-0.1, -0.05) is 36.4 Å². The number of hydrogen-bond acceptors (Lipinski definition) is 5. The zero-order valence-electron chi connectivity index (χ0n) is 22.4. The summed E-state index contributed by atoms with van der Waals surface area (Å²) in [6.45, 7) is 3.66. The minimum absolute atomic E-state index is 0.0662. The van der Waals surface area contributed by atoms with Gasteiger partial charge in [0, 0.05) is 62.5 Å². The van der Waals surface area contributed by atoms with E-state index in [9.17, 15) is 28.3 Å². The zero-order valence-corrected chi connectivity index (χ0v) is 22.4. The molecule has 0 radical (unpaired) electrons. The fourth-order valence-corrected chi connectivity index (χ4v) is 6.17. The van der Waals surface area contributed by atoms with E-state index in [1.165, 1.54) is 36.4 Å². The molecule has 1 N–H and O–H groups in total. The number of Topliss-reactive ketones (excluding diaryl/α,β-unsaturated/α-hetero) is 2. The van der Waals surface area contributed by atoms with Gasteiger partial charge in [-0.05, 0) is 54.8 Å². The number of hydrogen-bond donors (Lipinski definition) is 1. The SMILES string of the molecule is Cc1c(F)cccc1[C@@H]1[C@@H](C(=O)c2cccc(O)c2)CN(CCN2CCCC2=O)C[C@@H]1C(=O)c1ccccc1F. The highest BCUT2D eigenvalue weighted by Crippen LogP contribution is 2.42. The van der Waals surface area contributed by atoms with Crippen molar-refractivity contribution < 1.29 is 28.3 Å². The van der Waals surface area contributed by atoms with Crippen molar-refractivity contribution >= 4 is 17.5 Å². The number of phenolic OH excluding ortho intramolecular Hbond substituents is 1. The molecule has 40 heavy (non-hydrogen) atoms. The van der Waals surface area contributed by atoms with Crippen LogP contribution in [0.5, 0.6) is 5.75 Å². The molecule has 2 aliphatic rings. The molecule has 208 valence electrons. The lowest BCUT2D eigenvalue weighted by Gasteiger charge is -2.44. The van der Waals surface area contributed by atoms with Crippen molar-refractivity contribution in [2.24, 2.45) is 11.8 Å². The van der Waals surface area contributed by atoms with Crippen LogP contribution in [0.3, 0.4) is 0 Å². The molecule has 3 aromatic rings. The van der Waals surface area contributed by atoms with E-state index in [-0.39, 0.29) is 41.7 Å². The molecule has 0 aliphatic carbocycles. The maximum atomic E-state index is 14.9. The fraction of sp³-hybridized carbons (Fsp3) is 0.344. The summed E-state index contributed by atoms with van der Waals surface area (Å²) in [5.74, 6) is -4.22. The second-order valence-corrected chi connectivity index (χ2v) is 10.7. The lowest BCUT2D eigenvalue weighted by molar-refractivity contribution is -0.127. The van der Waals surface area contributed by atoms with Crippen molar-refractivity contribution in [3.8, 4) is 5.75 Å². The molecule has 0 aromatic heterocycles. The predicted octanol–water partition coefficient (Wildman–Crippen LogP) is 5.00. The average molecular weight is 547 g/mol. The van der Waals surface area contributed by atoms with Gasteiger partial charge in [0.15, 0.2) is 11.6 Å². The molecular formula is C32H32F2N2O4. The van der Waals surface area contributed by atoms with E-state index in [0.29, 0.717) is 37.2 Å². The number of ketones is 2. The third-order valence-corrected chi connectivity index (χ3v) is 8.25. The van der Waals surface area contributed by atoms with Crippen LogP contribution < -0.4 is 0 Å². The number of rotatable bonds is 8. The first-order chi connectivity index (χ1) is 19.2. The van der Waals surface area contributed by atoms with E-state index in [2.05, 4.69) is 0 Å². The molecule has 2 heterocycles. The fourth-order valence-electron chi connectivity index (χ4n) is 6.17. The molecule has 3 atom stereocenters. The Labute approximate surface area is 232 Å². The van der Waals surface area contributed by atoms with Crippen LogP contribution in [-0.4, -0.2) is 65.1 Å². The average Bonchev–Trinajstić information content (AvgIpc) is 3.37. The van der Waals surface area contributed by atoms with Gasteiger partial charge in [0.2, 0.25) is 5.91 Å². The molecule has 1 amide bonds. The number of halogens is 2. The van der Waals surface area contributed by atoms with E-state index in [4.69, 9.17) is 0 Å². The van der Waals surface area contributed by atoms with Gasteiger partial charge in [-0.3, -0.25) is 14.4 Å². The lowest BCUT2D eigenvalue weighted by Crippen LogP contribution is -2.52. The van der Waals surface area contributed by atoms with Gasteiger partial charge in [-0.15, -0.1) is 0 Å². The minimum Gasteiger partial charge on any atom is -0.508 e. The standard InChI is InChI=1S/C32H32F2N2O4/c1-20-23(10-5-12-27(20)33)30-25(31(39)21-7-4-8-22(37)17-21)18-35(15-16-36-14-6-13-29(36)38)19-26(30)32(40)24-9-2-3-11-28(24)34/h2-5,7-12,17,25-26,30,37H,6,13-16,18-19H2,1H3/t25-,26-,30+/m0/s1. The van der Waals surface area contributed by atoms with Crippen molar-refractivity contribution in [1.82, 2.24) is 9.80 Å². The quantitative estimate of drug-likeness (QED) is 0.403. The topological polar surface area (TPSA) is 77.9 Å². The van der Waals surface area contributed by atoms with Crippen LogP contribution in [0.2, 0.25) is 0 Å². The molecule has 2 fully saturated rings. The molecule has 0 saturated carbocycles. The van der Waals surface area contributed by atoms with E-state index >= 15 is 0 Å². The number of carbonyl (C=O) groups excluding carboxylic acids is 3. The van der Waals surface area contributed by atoms with E-state index in [0.717, 1.165) is 6.42 Å². The lowest BCUT2D eigenvalue weighted by atomic mass is 9.67. The number of aromatic hydroxyl groups is 1. The first kappa shape index (κ1) is 27.6. The van der Waals surface area contributed by atoms with Crippen LogP contribution in [0.1, 0.15) is 50.6 Å². The van der Waals surface area contributed by atoms with Crippen LogP contribution in [0.15, 0.2) is 66.7 Å². The summed E-state index contributed by atoms with van der Waals surface area (Å²) in [5, 5.41) is 10.1. The Morgan fingerprint density at radius 2 is 1.60 bits per heavy atom. The van der Waals surface area contributed by atoms with E-state index in [1.807, 2.05) is 4.90 Å². The van der Waals surface area contributed by atoms with E-state index in [1.54, 1.807) is 42.2 Å². The second kappa shape index (κ2) is 11.7. The normalized spacial score (nSPS) is 21.5. The highest BCUT2D eigenvalue weighted by Gasteiger charge is 2.46. The van der Waals surface area contributed by atoms with Crippen molar-refractivity contribution in [1.29, 1.82) is 0 Å². The molecule has 6 nitrogen and oxygen atoms in total. The molecule has 0 unspecified atom stereocenters. The Morgan fingerprint density at radius 3 is 2.30 bits per heavy atom.